The monoisotopic (exact) mass is 438 g/mol. The fourth-order valence-electron chi connectivity index (χ4n) is 3.76. The van der Waals surface area contributed by atoms with Crippen LogP contribution in [0.3, 0.4) is 0 Å². The van der Waals surface area contributed by atoms with Crippen LogP contribution in [0, 0.1) is 0 Å². The maximum absolute atomic E-state index is 13.2. The molecule has 4 heterocycles. The number of piperidine rings is 1. The van der Waals surface area contributed by atoms with E-state index in [-0.39, 0.29) is 42.7 Å². The molecular weight excluding hydrogens is 416 g/mol. The Balaban J connectivity index is 1.56. The third-order valence-corrected chi connectivity index (χ3v) is 5.42. The minimum atomic E-state index is -0.994. The van der Waals surface area contributed by atoms with Gasteiger partial charge in [0.2, 0.25) is 11.8 Å². The van der Waals surface area contributed by atoms with Gasteiger partial charge in [-0.3, -0.25) is 24.2 Å². The maximum Gasteiger partial charge on any atom is 0.274 e. The van der Waals surface area contributed by atoms with Gasteiger partial charge in [-0.05, 0) is 12.8 Å². The van der Waals surface area contributed by atoms with E-state index in [9.17, 15) is 19.2 Å². The molecule has 4 rings (SSSR count). The first-order valence-electron chi connectivity index (χ1n) is 10.2. The quantitative estimate of drug-likeness (QED) is 0.593. The van der Waals surface area contributed by atoms with Crippen molar-refractivity contribution in [1.29, 1.82) is 0 Å². The molecular formula is C20H22N8O4. The Morgan fingerprint density at radius 1 is 1.03 bits per heavy atom. The molecule has 0 aromatic carbocycles. The number of piperazine rings is 1. The summed E-state index contributed by atoms with van der Waals surface area (Å²) in [4.78, 5) is 69.7. The summed E-state index contributed by atoms with van der Waals surface area (Å²) in [7, 11) is 0. The van der Waals surface area contributed by atoms with Crippen molar-refractivity contribution in [2.45, 2.75) is 24.9 Å². The molecule has 2 aliphatic rings. The van der Waals surface area contributed by atoms with Crippen molar-refractivity contribution in [3.63, 3.8) is 0 Å². The van der Waals surface area contributed by atoms with Gasteiger partial charge in [-0.15, -0.1) is 0 Å². The molecule has 12 heteroatoms. The molecule has 0 spiro atoms. The second-order valence-electron chi connectivity index (χ2n) is 7.48. The van der Waals surface area contributed by atoms with Gasteiger partial charge in [0.25, 0.3) is 11.8 Å². The Morgan fingerprint density at radius 2 is 1.84 bits per heavy atom. The van der Waals surface area contributed by atoms with Gasteiger partial charge in [-0.25, -0.2) is 15.0 Å². The Kier molecular flexibility index (Phi) is 6.29. The summed E-state index contributed by atoms with van der Waals surface area (Å²) in [6.45, 7) is 0.847. The molecule has 2 unspecified atom stereocenters. The first-order valence-corrected chi connectivity index (χ1v) is 10.2. The molecule has 2 aromatic heterocycles. The molecule has 2 atom stereocenters. The van der Waals surface area contributed by atoms with Crippen LogP contribution in [0.5, 0.6) is 0 Å². The Morgan fingerprint density at radius 3 is 2.56 bits per heavy atom. The summed E-state index contributed by atoms with van der Waals surface area (Å²) in [5.41, 5.74) is 0.379. The lowest BCUT2D eigenvalue weighted by molar-refractivity contribution is -0.133. The van der Waals surface area contributed by atoms with Crippen LogP contribution >= 0.6 is 0 Å². The van der Waals surface area contributed by atoms with E-state index in [0.29, 0.717) is 13.0 Å². The first kappa shape index (κ1) is 21.3. The standard InChI is InChI=1S/C20H22N8O4/c29-17-14(2-1-3-25-17)26-18(30)16-11-27(20(32)15-10-21-4-5-24-15)6-7-28(16)19(31)13-8-22-12-23-9-13/h4-5,8-10,12,14,16H,1-3,6-7,11H2,(H,25,29)(H,26,30). The number of carbonyl (C=O) groups is 4. The molecule has 32 heavy (non-hydrogen) atoms. The lowest BCUT2D eigenvalue weighted by atomic mass is 10.0. The van der Waals surface area contributed by atoms with E-state index in [2.05, 4.69) is 30.6 Å². The van der Waals surface area contributed by atoms with Crippen molar-refractivity contribution >= 4 is 23.6 Å². The van der Waals surface area contributed by atoms with Crippen LogP contribution < -0.4 is 10.6 Å². The normalized spacial score (nSPS) is 20.9. The number of amides is 4. The van der Waals surface area contributed by atoms with Gasteiger partial charge in [0.05, 0.1) is 18.3 Å². The number of aromatic nitrogens is 4. The third kappa shape index (κ3) is 4.53. The molecule has 2 aromatic rings. The Bertz CT molecular complexity index is 1000. The molecule has 2 fully saturated rings. The second kappa shape index (κ2) is 9.45. The van der Waals surface area contributed by atoms with E-state index in [1.165, 1.54) is 47.1 Å². The van der Waals surface area contributed by atoms with Crippen LogP contribution in [0.25, 0.3) is 0 Å². The van der Waals surface area contributed by atoms with E-state index in [1.54, 1.807) is 0 Å². The maximum atomic E-state index is 13.2. The summed E-state index contributed by atoms with van der Waals surface area (Å²) in [5.74, 6) is -1.58. The fourth-order valence-corrected chi connectivity index (χ4v) is 3.76. The molecule has 4 amide bonds. The number of nitrogens with zero attached hydrogens (tertiary/aromatic N) is 6. The van der Waals surface area contributed by atoms with Crippen molar-refractivity contribution in [3.05, 3.63) is 48.6 Å². The molecule has 2 N–H and O–H groups in total. The van der Waals surface area contributed by atoms with E-state index in [0.717, 1.165) is 6.42 Å². The Hall–Kier alpha value is -3.96. The van der Waals surface area contributed by atoms with Gasteiger partial charge >= 0.3 is 0 Å². The highest BCUT2D eigenvalue weighted by Crippen LogP contribution is 2.17. The molecule has 2 aliphatic heterocycles. The van der Waals surface area contributed by atoms with Crippen molar-refractivity contribution in [1.82, 2.24) is 40.4 Å². The van der Waals surface area contributed by atoms with E-state index >= 15 is 0 Å². The van der Waals surface area contributed by atoms with Crippen LogP contribution in [0.15, 0.2) is 37.3 Å². The average Bonchev–Trinajstić information content (AvgIpc) is 2.85. The Labute approximate surface area is 183 Å². The fraction of sp³-hybridized carbons (Fsp3) is 0.400. The van der Waals surface area contributed by atoms with Gasteiger partial charge in [0, 0.05) is 44.4 Å². The van der Waals surface area contributed by atoms with Crippen LogP contribution in [0.4, 0.5) is 0 Å². The van der Waals surface area contributed by atoms with Gasteiger partial charge in [0.15, 0.2) is 0 Å². The highest BCUT2D eigenvalue weighted by atomic mass is 16.2. The van der Waals surface area contributed by atoms with Crippen molar-refractivity contribution < 1.29 is 19.2 Å². The number of carbonyl (C=O) groups excluding carboxylic acids is 4. The minimum absolute atomic E-state index is 0.0466. The highest BCUT2D eigenvalue weighted by molar-refractivity contribution is 5.99. The number of hydrogen-bond donors (Lipinski definition) is 2. The molecule has 0 radical (unpaired) electrons. The highest BCUT2D eigenvalue weighted by Gasteiger charge is 2.39. The summed E-state index contributed by atoms with van der Waals surface area (Å²) >= 11 is 0. The topological polar surface area (TPSA) is 150 Å². The second-order valence-corrected chi connectivity index (χ2v) is 7.48. The van der Waals surface area contributed by atoms with Crippen molar-refractivity contribution in [3.8, 4) is 0 Å². The van der Waals surface area contributed by atoms with Gasteiger partial charge in [-0.2, -0.15) is 0 Å². The first-order chi connectivity index (χ1) is 15.5. The van der Waals surface area contributed by atoms with Crippen LogP contribution in [0.1, 0.15) is 33.7 Å². The van der Waals surface area contributed by atoms with Crippen LogP contribution in [-0.2, 0) is 9.59 Å². The summed E-state index contributed by atoms with van der Waals surface area (Å²) in [5, 5.41) is 5.45. The van der Waals surface area contributed by atoms with Gasteiger partial charge in [-0.1, -0.05) is 0 Å². The van der Waals surface area contributed by atoms with E-state index in [4.69, 9.17) is 0 Å². The van der Waals surface area contributed by atoms with Gasteiger partial charge < -0.3 is 20.4 Å². The predicted molar refractivity (Wildman–Crippen MR) is 109 cm³/mol. The average molecular weight is 438 g/mol. The lowest BCUT2D eigenvalue weighted by Gasteiger charge is -2.40. The number of hydrogen-bond acceptors (Lipinski definition) is 8. The van der Waals surface area contributed by atoms with Crippen molar-refractivity contribution in [2.24, 2.45) is 0 Å². The zero-order valence-electron chi connectivity index (χ0n) is 17.2. The lowest BCUT2D eigenvalue weighted by Crippen LogP contribution is -2.63. The third-order valence-electron chi connectivity index (χ3n) is 5.42. The predicted octanol–water partition coefficient (Wildman–Crippen LogP) is -1.37. The van der Waals surface area contributed by atoms with Crippen LogP contribution in [-0.4, -0.2) is 91.6 Å². The zero-order valence-corrected chi connectivity index (χ0v) is 17.2. The van der Waals surface area contributed by atoms with Gasteiger partial charge in [0.1, 0.15) is 24.1 Å². The minimum Gasteiger partial charge on any atom is -0.354 e. The molecule has 0 bridgehead atoms. The summed E-state index contributed by atoms with van der Waals surface area (Å²) < 4.78 is 0. The summed E-state index contributed by atoms with van der Waals surface area (Å²) in [6, 6.07) is -1.67. The molecule has 0 aliphatic carbocycles. The molecule has 2 saturated heterocycles. The smallest absolute Gasteiger partial charge is 0.274 e. The van der Waals surface area contributed by atoms with E-state index < -0.39 is 23.9 Å². The largest absolute Gasteiger partial charge is 0.354 e. The van der Waals surface area contributed by atoms with Crippen molar-refractivity contribution in [2.75, 3.05) is 26.2 Å². The SMILES string of the molecule is O=C1NCCCC1NC(=O)C1CN(C(=O)c2cnccn2)CCN1C(=O)c1cncnc1. The molecule has 0 saturated carbocycles. The molecule has 166 valence electrons. The van der Waals surface area contributed by atoms with Crippen LogP contribution in [0.2, 0.25) is 0 Å². The number of nitrogens with one attached hydrogen (secondary N) is 2. The summed E-state index contributed by atoms with van der Waals surface area (Å²) in [6.07, 6.45) is 9.51. The number of rotatable bonds is 4. The van der Waals surface area contributed by atoms with E-state index in [1.807, 2.05) is 0 Å². The zero-order chi connectivity index (χ0) is 22.5. The molecule has 12 nitrogen and oxygen atoms in total.